The summed E-state index contributed by atoms with van der Waals surface area (Å²) in [6.07, 6.45) is 3.70. The maximum absolute atomic E-state index is 12.0. The molecule has 1 amide bonds. The normalized spacial score (nSPS) is 16.9. The van der Waals surface area contributed by atoms with Crippen LogP contribution in [0.4, 0.5) is 5.82 Å². The number of aromatic nitrogens is 1. The van der Waals surface area contributed by atoms with Crippen LogP contribution < -0.4 is 10.6 Å². The van der Waals surface area contributed by atoms with Crippen LogP contribution in [0.2, 0.25) is 10.0 Å². The summed E-state index contributed by atoms with van der Waals surface area (Å²) in [7, 11) is 1.97. The predicted octanol–water partition coefficient (Wildman–Crippen LogP) is 2.26. The number of carbonyl (C=O) groups is 1. The number of halogens is 2. The standard InChI is InChI=1S/C14H20Cl2N4O/c1-17-7-10-2-4-20(5-3-10)9-13(21)19-14-12(16)6-11(15)8-18-14/h6,8,10,17H,2-5,7,9H2,1H3,(H,18,19,21). The van der Waals surface area contributed by atoms with Gasteiger partial charge in [0, 0.05) is 6.20 Å². The number of carbonyl (C=O) groups excluding carboxylic acids is 1. The summed E-state index contributed by atoms with van der Waals surface area (Å²) in [6, 6.07) is 1.56. The minimum Gasteiger partial charge on any atom is -0.319 e. The van der Waals surface area contributed by atoms with Gasteiger partial charge in [-0.1, -0.05) is 23.2 Å². The highest BCUT2D eigenvalue weighted by atomic mass is 35.5. The molecule has 0 unspecified atom stereocenters. The lowest BCUT2D eigenvalue weighted by molar-refractivity contribution is -0.117. The molecule has 7 heteroatoms. The van der Waals surface area contributed by atoms with E-state index in [0.29, 0.717) is 28.3 Å². The van der Waals surface area contributed by atoms with Crippen LogP contribution in [0, 0.1) is 5.92 Å². The fourth-order valence-corrected chi connectivity index (χ4v) is 2.95. The maximum atomic E-state index is 12.0. The number of hydrogen-bond acceptors (Lipinski definition) is 4. The molecule has 5 nitrogen and oxygen atoms in total. The summed E-state index contributed by atoms with van der Waals surface area (Å²) in [5.74, 6) is 0.969. The van der Waals surface area contributed by atoms with Gasteiger partial charge >= 0.3 is 0 Å². The Morgan fingerprint density at radius 3 is 2.76 bits per heavy atom. The van der Waals surface area contributed by atoms with Crippen molar-refractivity contribution in [3.05, 3.63) is 22.3 Å². The van der Waals surface area contributed by atoms with Crippen LogP contribution in [0.1, 0.15) is 12.8 Å². The first-order chi connectivity index (χ1) is 10.1. The zero-order valence-electron chi connectivity index (χ0n) is 12.0. The average Bonchev–Trinajstić information content (AvgIpc) is 2.44. The zero-order valence-corrected chi connectivity index (χ0v) is 13.5. The Hall–Kier alpha value is -0.880. The fourth-order valence-electron chi connectivity index (χ4n) is 2.52. The molecule has 1 aromatic rings. The van der Waals surface area contributed by atoms with E-state index in [1.165, 1.54) is 6.20 Å². The lowest BCUT2D eigenvalue weighted by atomic mass is 9.97. The second-order valence-corrected chi connectivity index (χ2v) is 6.15. The second-order valence-electron chi connectivity index (χ2n) is 5.31. The molecule has 2 N–H and O–H groups in total. The van der Waals surface area contributed by atoms with E-state index in [2.05, 4.69) is 20.5 Å². The molecule has 2 rings (SSSR count). The van der Waals surface area contributed by atoms with Gasteiger partial charge in [0.05, 0.1) is 16.6 Å². The maximum Gasteiger partial charge on any atom is 0.239 e. The van der Waals surface area contributed by atoms with Gasteiger partial charge in [-0.05, 0) is 51.5 Å². The van der Waals surface area contributed by atoms with E-state index in [9.17, 15) is 4.79 Å². The Labute approximate surface area is 135 Å². The molecule has 21 heavy (non-hydrogen) atoms. The van der Waals surface area contributed by atoms with Crippen LogP contribution in [0.25, 0.3) is 0 Å². The quantitative estimate of drug-likeness (QED) is 0.869. The highest BCUT2D eigenvalue weighted by Gasteiger charge is 2.20. The SMILES string of the molecule is CNCC1CCN(CC(=O)Nc2ncc(Cl)cc2Cl)CC1. The fraction of sp³-hybridized carbons (Fsp3) is 0.571. The molecule has 0 aliphatic carbocycles. The van der Waals surface area contributed by atoms with Crippen LogP contribution in [0.3, 0.4) is 0 Å². The molecule has 0 spiro atoms. The molecule has 0 aromatic carbocycles. The molecular formula is C14H20Cl2N4O. The molecule has 1 aromatic heterocycles. The summed E-state index contributed by atoms with van der Waals surface area (Å²) in [6.45, 7) is 3.31. The van der Waals surface area contributed by atoms with Crippen LogP contribution in [-0.4, -0.2) is 49.0 Å². The largest absolute Gasteiger partial charge is 0.319 e. The minimum absolute atomic E-state index is 0.0983. The van der Waals surface area contributed by atoms with Gasteiger partial charge in [0.25, 0.3) is 0 Å². The average molecular weight is 331 g/mol. The third-order valence-electron chi connectivity index (χ3n) is 3.63. The molecule has 0 radical (unpaired) electrons. The number of rotatable bonds is 5. The number of piperidine rings is 1. The monoisotopic (exact) mass is 330 g/mol. The lowest BCUT2D eigenvalue weighted by Crippen LogP contribution is -2.41. The van der Waals surface area contributed by atoms with E-state index in [0.717, 1.165) is 32.5 Å². The van der Waals surface area contributed by atoms with Crippen molar-refractivity contribution in [2.45, 2.75) is 12.8 Å². The molecule has 2 heterocycles. The van der Waals surface area contributed by atoms with Gasteiger partial charge in [0.2, 0.25) is 5.91 Å². The Kier molecular flexibility index (Phi) is 6.23. The Bertz CT molecular complexity index is 490. The molecule has 0 saturated carbocycles. The van der Waals surface area contributed by atoms with Crippen LogP contribution >= 0.6 is 23.2 Å². The van der Waals surface area contributed by atoms with Gasteiger partial charge in [-0.3, -0.25) is 9.69 Å². The van der Waals surface area contributed by atoms with Gasteiger partial charge in [-0.15, -0.1) is 0 Å². The Balaban J connectivity index is 1.80. The van der Waals surface area contributed by atoms with Gasteiger partial charge in [0.15, 0.2) is 5.82 Å². The smallest absolute Gasteiger partial charge is 0.239 e. The summed E-state index contributed by atoms with van der Waals surface area (Å²) >= 11 is 11.8. The molecular weight excluding hydrogens is 311 g/mol. The number of pyridine rings is 1. The molecule has 1 saturated heterocycles. The van der Waals surface area contributed by atoms with E-state index in [1.54, 1.807) is 6.07 Å². The molecule has 1 aliphatic heterocycles. The van der Waals surface area contributed by atoms with E-state index in [1.807, 2.05) is 7.05 Å². The highest BCUT2D eigenvalue weighted by Crippen LogP contribution is 2.22. The van der Waals surface area contributed by atoms with Crippen molar-refractivity contribution in [3.63, 3.8) is 0 Å². The zero-order chi connectivity index (χ0) is 15.2. The van der Waals surface area contributed by atoms with E-state index in [4.69, 9.17) is 23.2 Å². The van der Waals surface area contributed by atoms with Gasteiger partial charge in [-0.2, -0.15) is 0 Å². The Morgan fingerprint density at radius 2 is 2.14 bits per heavy atom. The first kappa shape index (κ1) is 16.5. The predicted molar refractivity (Wildman–Crippen MR) is 86.0 cm³/mol. The van der Waals surface area contributed by atoms with Crippen molar-refractivity contribution in [1.29, 1.82) is 0 Å². The van der Waals surface area contributed by atoms with Crippen molar-refractivity contribution in [3.8, 4) is 0 Å². The summed E-state index contributed by atoms with van der Waals surface area (Å²) in [4.78, 5) is 18.2. The van der Waals surface area contributed by atoms with Crippen molar-refractivity contribution in [1.82, 2.24) is 15.2 Å². The molecule has 0 atom stereocenters. The number of hydrogen-bond donors (Lipinski definition) is 2. The summed E-state index contributed by atoms with van der Waals surface area (Å²) in [5.41, 5.74) is 0. The molecule has 116 valence electrons. The number of likely N-dealkylation sites (tertiary alicyclic amines) is 1. The van der Waals surface area contributed by atoms with Crippen LogP contribution in [0.5, 0.6) is 0 Å². The number of nitrogens with one attached hydrogen (secondary N) is 2. The topological polar surface area (TPSA) is 57.3 Å². The number of nitrogens with zero attached hydrogens (tertiary/aromatic N) is 2. The summed E-state index contributed by atoms with van der Waals surface area (Å²) < 4.78 is 0. The molecule has 1 aliphatic rings. The minimum atomic E-state index is -0.0983. The van der Waals surface area contributed by atoms with Crippen molar-refractivity contribution >= 4 is 34.9 Å². The molecule has 1 fully saturated rings. The van der Waals surface area contributed by atoms with Crippen molar-refractivity contribution in [2.24, 2.45) is 5.92 Å². The first-order valence-electron chi connectivity index (χ1n) is 7.06. The number of anilines is 1. The van der Waals surface area contributed by atoms with E-state index in [-0.39, 0.29) is 5.91 Å². The van der Waals surface area contributed by atoms with Gasteiger partial charge in [-0.25, -0.2) is 4.98 Å². The highest BCUT2D eigenvalue weighted by molar-refractivity contribution is 6.36. The first-order valence-corrected chi connectivity index (χ1v) is 7.82. The van der Waals surface area contributed by atoms with E-state index >= 15 is 0 Å². The third kappa shape index (κ3) is 5.11. The lowest BCUT2D eigenvalue weighted by Gasteiger charge is -2.31. The van der Waals surface area contributed by atoms with E-state index < -0.39 is 0 Å². The Morgan fingerprint density at radius 1 is 1.43 bits per heavy atom. The van der Waals surface area contributed by atoms with Crippen molar-refractivity contribution in [2.75, 3.05) is 38.5 Å². The molecule has 0 bridgehead atoms. The summed E-state index contributed by atoms with van der Waals surface area (Å²) in [5, 5.41) is 6.73. The van der Waals surface area contributed by atoms with Crippen molar-refractivity contribution < 1.29 is 4.79 Å². The van der Waals surface area contributed by atoms with Gasteiger partial charge in [0.1, 0.15) is 0 Å². The van der Waals surface area contributed by atoms with Crippen LogP contribution in [0.15, 0.2) is 12.3 Å². The van der Waals surface area contributed by atoms with Gasteiger partial charge < -0.3 is 10.6 Å². The number of amides is 1. The third-order valence-corrected chi connectivity index (χ3v) is 4.13. The van der Waals surface area contributed by atoms with Crippen LogP contribution in [-0.2, 0) is 4.79 Å². The second kappa shape index (κ2) is 7.94.